The Morgan fingerprint density at radius 2 is 2.07 bits per heavy atom. The number of hydrogen-bond acceptors (Lipinski definition) is 3. The number of carbonyl (C=O) groups is 1. The normalized spacial score (nSPS) is 13.4. The second-order valence-electron chi connectivity index (χ2n) is 4.43. The molecule has 0 aromatic rings. The van der Waals surface area contributed by atoms with Gasteiger partial charge in [-0.3, -0.25) is 0 Å². The van der Waals surface area contributed by atoms with Crippen molar-refractivity contribution in [2.24, 2.45) is 0 Å². The van der Waals surface area contributed by atoms with Crippen LogP contribution >= 0.6 is 0 Å². The Bertz CT molecular complexity index is 192. The third kappa shape index (κ3) is 9.46. The fraction of sp³-hybridized carbons (Fsp3) is 0.900. The van der Waals surface area contributed by atoms with E-state index in [2.05, 4.69) is 10.6 Å². The van der Waals surface area contributed by atoms with Crippen molar-refractivity contribution in [2.45, 2.75) is 39.3 Å². The zero-order valence-electron chi connectivity index (χ0n) is 9.89. The summed E-state index contributed by atoms with van der Waals surface area (Å²) in [5, 5.41) is 5.51. The number of nitrogens with one attached hydrogen (secondary N) is 2. The molecule has 0 aromatic carbocycles. The van der Waals surface area contributed by atoms with Crippen LogP contribution in [0.25, 0.3) is 0 Å². The largest absolute Gasteiger partial charge is 0.444 e. The van der Waals surface area contributed by atoms with Gasteiger partial charge in [-0.25, -0.2) is 9.18 Å². The molecule has 0 heterocycles. The highest BCUT2D eigenvalue weighted by Crippen LogP contribution is 2.06. The van der Waals surface area contributed by atoms with Crippen molar-refractivity contribution in [1.82, 2.24) is 10.6 Å². The summed E-state index contributed by atoms with van der Waals surface area (Å²) in [4.78, 5) is 11.2. The molecule has 2 N–H and O–H groups in total. The summed E-state index contributed by atoms with van der Waals surface area (Å²) < 4.78 is 16.8. The number of alkyl halides is 1. The first-order valence-corrected chi connectivity index (χ1v) is 5.11. The molecular weight excluding hydrogens is 199 g/mol. The van der Waals surface area contributed by atoms with Crippen molar-refractivity contribution >= 4 is 6.09 Å². The lowest BCUT2D eigenvalue weighted by atomic mass is 10.2. The lowest BCUT2D eigenvalue weighted by Crippen LogP contribution is -2.41. The van der Waals surface area contributed by atoms with Crippen molar-refractivity contribution in [3.8, 4) is 0 Å². The zero-order chi connectivity index (χ0) is 11.9. The molecule has 15 heavy (non-hydrogen) atoms. The van der Waals surface area contributed by atoms with Gasteiger partial charge in [-0.1, -0.05) is 0 Å². The molecule has 0 saturated heterocycles. The first kappa shape index (κ1) is 14.2. The lowest BCUT2D eigenvalue weighted by molar-refractivity contribution is 0.0523. The first-order valence-electron chi connectivity index (χ1n) is 5.11. The summed E-state index contributed by atoms with van der Waals surface area (Å²) in [7, 11) is 0. The number of hydrogen-bond donors (Lipinski definition) is 2. The number of alkyl carbamates (subject to hydrolysis) is 1. The third-order valence-corrected chi connectivity index (χ3v) is 1.54. The standard InChI is InChI=1S/C10H21FN2O2/c1-8(12-6-5-11)7-13-9(14)15-10(2,3)4/h8,12H,5-7H2,1-4H3,(H,13,14). The van der Waals surface area contributed by atoms with Crippen LogP contribution in [0.3, 0.4) is 0 Å². The maximum absolute atomic E-state index is 11.8. The van der Waals surface area contributed by atoms with Gasteiger partial charge in [0.25, 0.3) is 0 Å². The average Bonchev–Trinajstić information content (AvgIpc) is 2.08. The second-order valence-corrected chi connectivity index (χ2v) is 4.43. The van der Waals surface area contributed by atoms with Crippen LogP contribution in [0.15, 0.2) is 0 Å². The van der Waals surface area contributed by atoms with Crippen LogP contribution < -0.4 is 10.6 Å². The van der Waals surface area contributed by atoms with Gasteiger partial charge >= 0.3 is 6.09 Å². The van der Waals surface area contributed by atoms with Gasteiger partial charge in [0.1, 0.15) is 12.3 Å². The fourth-order valence-corrected chi connectivity index (χ4v) is 0.924. The van der Waals surface area contributed by atoms with E-state index in [-0.39, 0.29) is 6.04 Å². The second kappa shape index (κ2) is 6.61. The van der Waals surface area contributed by atoms with Gasteiger partial charge in [-0.2, -0.15) is 0 Å². The third-order valence-electron chi connectivity index (χ3n) is 1.54. The van der Waals surface area contributed by atoms with Crippen LogP contribution in [-0.2, 0) is 4.74 Å². The van der Waals surface area contributed by atoms with E-state index in [0.717, 1.165) is 0 Å². The maximum Gasteiger partial charge on any atom is 0.407 e. The van der Waals surface area contributed by atoms with Crippen LogP contribution in [-0.4, -0.2) is 37.5 Å². The molecule has 0 aliphatic heterocycles. The highest BCUT2D eigenvalue weighted by Gasteiger charge is 2.16. The first-order chi connectivity index (χ1) is 6.85. The summed E-state index contributed by atoms with van der Waals surface area (Å²) in [6.45, 7) is 7.60. The molecule has 0 fully saturated rings. The Morgan fingerprint density at radius 3 is 2.53 bits per heavy atom. The van der Waals surface area contributed by atoms with Gasteiger partial charge in [-0.15, -0.1) is 0 Å². The molecule has 0 rings (SSSR count). The minimum absolute atomic E-state index is 0.0354. The quantitative estimate of drug-likeness (QED) is 0.737. The molecule has 0 bridgehead atoms. The molecule has 0 aromatic heterocycles. The SMILES string of the molecule is CC(CNC(=O)OC(C)(C)C)NCCF. The smallest absolute Gasteiger partial charge is 0.407 e. The minimum atomic E-state index is -0.486. The fourth-order valence-electron chi connectivity index (χ4n) is 0.924. The van der Waals surface area contributed by atoms with Crippen LogP contribution in [0.2, 0.25) is 0 Å². The number of amides is 1. The molecule has 0 aliphatic rings. The molecule has 1 unspecified atom stereocenters. The van der Waals surface area contributed by atoms with E-state index in [1.165, 1.54) is 0 Å². The Hall–Kier alpha value is -0.840. The van der Waals surface area contributed by atoms with Crippen molar-refractivity contribution in [1.29, 1.82) is 0 Å². The zero-order valence-corrected chi connectivity index (χ0v) is 9.89. The van der Waals surface area contributed by atoms with Crippen molar-refractivity contribution in [2.75, 3.05) is 19.8 Å². The van der Waals surface area contributed by atoms with Crippen LogP contribution in [0, 0.1) is 0 Å². The number of halogens is 1. The highest BCUT2D eigenvalue weighted by atomic mass is 19.1. The number of ether oxygens (including phenoxy) is 1. The summed E-state index contributed by atoms with van der Waals surface area (Å²) in [5.41, 5.74) is -0.486. The lowest BCUT2D eigenvalue weighted by Gasteiger charge is -2.21. The average molecular weight is 220 g/mol. The van der Waals surface area contributed by atoms with E-state index in [1.807, 2.05) is 6.92 Å². The van der Waals surface area contributed by atoms with Crippen molar-refractivity contribution in [3.63, 3.8) is 0 Å². The maximum atomic E-state index is 11.8. The van der Waals surface area contributed by atoms with Gasteiger partial charge < -0.3 is 15.4 Å². The molecule has 0 aliphatic carbocycles. The molecule has 1 atom stereocenters. The minimum Gasteiger partial charge on any atom is -0.444 e. The summed E-state index contributed by atoms with van der Waals surface area (Å²) in [6.07, 6.45) is -0.448. The molecule has 0 spiro atoms. The Kier molecular flexibility index (Phi) is 6.24. The summed E-state index contributed by atoms with van der Waals surface area (Å²) in [6, 6.07) is 0.0354. The van der Waals surface area contributed by atoms with Gasteiger partial charge in [0.2, 0.25) is 0 Å². The molecule has 1 amide bonds. The highest BCUT2D eigenvalue weighted by molar-refractivity contribution is 5.67. The van der Waals surface area contributed by atoms with Crippen LogP contribution in [0.1, 0.15) is 27.7 Å². The monoisotopic (exact) mass is 220 g/mol. The van der Waals surface area contributed by atoms with Crippen molar-refractivity contribution < 1.29 is 13.9 Å². The topological polar surface area (TPSA) is 50.4 Å². The van der Waals surface area contributed by atoms with E-state index in [1.54, 1.807) is 20.8 Å². The van der Waals surface area contributed by atoms with Crippen molar-refractivity contribution in [3.05, 3.63) is 0 Å². The van der Waals surface area contributed by atoms with Crippen LogP contribution in [0.5, 0.6) is 0 Å². The van der Waals surface area contributed by atoms with E-state index < -0.39 is 18.4 Å². The number of rotatable bonds is 5. The van der Waals surface area contributed by atoms with E-state index in [0.29, 0.717) is 13.1 Å². The Labute approximate surface area is 90.6 Å². The molecule has 90 valence electrons. The van der Waals surface area contributed by atoms with E-state index >= 15 is 0 Å². The number of carbonyl (C=O) groups excluding carboxylic acids is 1. The van der Waals surface area contributed by atoms with Gasteiger partial charge in [0, 0.05) is 19.1 Å². The predicted molar refractivity (Wildman–Crippen MR) is 57.7 cm³/mol. The molecule has 4 nitrogen and oxygen atoms in total. The van der Waals surface area contributed by atoms with E-state index in [9.17, 15) is 9.18 Å². The molecular formula is C10H21FN2O2. The molecule has 0 radical (unpaired) electrons. The summed E-state index contributed by atoms with van der Waals surface area (Å²) >= 11 is 0. The predicted octanol–water partition coefficient (Wildman–Crippen LogP) is 1.46. The Morgan fingerprint density at radius 1 is 1.47 bits per heavy atom. The van der Waals surface area contributed by atoms with Gasteiger partial charge in [0.15, 0.2) is 0 Å². The van der Waals surface area contributed by atoms with Gasteiger partial charge in [-0.05, 0) is 27.7 Å². The summed E-state index contributed by atoms with van der Waals surface area (Å²) in [5.74, 6) is 0. The molecule has 5 heteroatoms. The van der Waals surface area contributed by atoms with E-state index in [4.69, 9.17) is 4.74 Å². The van der Waals surface area contributed by atoms with Gasteiger partial charge in [0.05, 0.1) is 0 Å². The molecule has 0 saturated carbocycles. The Balaban J connectivity index is 3.62. The van der Waals surface area contributed by atoms with Crippen LogP contribution in [0.4, 0.5) is 9.18 Å².